The van der Waals surface area contributed by atoms with Crippen molar-refractivity contribution in [1.29, 1.82) is 0 Å². The van der Waals surface area contributed by atoms with Gasteiger partial charge in [-0.25, -0.2) is 4.79 Å². The Morgan fingerprint density at radius 1 is 0.962 bits per heavy atom. The molecule has 0 saturated heterocycles. The number of ether oxygens (including phenoxy) is 3. The third-order valence-corrected chi connectivity index (χ3v) is 3.64. The molecule has 26 heavy (non-hydrogen) atoms. The van der Waals surface area contributed by atoms with Gasteiger partial charge in [-0.2, -0.15) is 0 Å². The van der Waals surface area contributed by atoms with Gasteiger partial charge in [0.1, 0.15) is 0 Å². The molecule has 0 spiro atoms. The van der Waals surface area contributed by atoms with Gasteiger partial charge in [-0.1, -0.05) is 18.2 Å². The SMILES string of the molecule is COC(=O)c1cc(OC)c(OC)cc1NC(=S)NC(=O)c1ccccc1. The second-order valence-corrected chi connectivity index (χ2v) is 5.43. The molecular formula is C18H18N2O5S. The molecule has 0 fully saturated rings. The molecule has 136 valence electrons. The fourth-order valence-electron chi connectivity index (χ4n) is 2.18. The van der Waals surface area contributed by atoms with Crippen molar-refractivity contribution in [2.24, 2.45) is 0 Å². The maximum atomic E-state index is 12.2. The van der Waals surface area contributed by atoms with E-state index in [-0.39, 0.29) is 16.6 Å². The van der Waals surface area contributed by atoms with Crippen LogP contribution >= 0.6 is 12.2 Å². The maximum Gasteiger partial charge on any atom is 0.340 e. The molecule has 1 amide bonds. The molecule has 0 heterocycles. The lowest BCUT2D eigenvalue weighted by Crippen LogP contribution is -2.34. The Bertz CT molecular complexity index is 824. The topological polar surface area (TPSA) is 85.9 Å². The van der Waals surface area contributed by atoms with Gasteiger partial charge in [-0.3, -0.25) is 10.1 Å². The molecule has 2 aromatic carbocycles. The summed E-state index contributed by atoms with van der Waals surface area (Å²) in [5.74, 6) is -0.216. The lowest BCUT2D eigenvalue weighted by molar-refractivity contribution is 0.0601. The number of rotatable bonds is 5. The van der Waals surface area contributed by atoms with Crippen molar-refractivity contribution in [2.45, 2.75) is 0 Å². The van der Waals surface area contributed by atoms with Gasteiger partial charge in [0.05, 0.1) is 32.6 Å². The van der Waals surface area contributed by atoms with Crippen LogP contribution in [-0.2, 0) is 4.74 Å². The Morgan fingerprint density at radius 2 is 1.58 bits per heavy atom. The van der Waals surface area contributed by atoms with E-state index >= 15 is 0 Å². The monoisotopic (exact) mass is 374 g/mol. The smallest absolute Gasteiger partial charge is 0.340 e. The summed E-state index contributed by atoms with van der Waals surface area (Å²) in [5, 5.41) is 5.39. The zero-order chi connectivity index (χ0) is 19.1. The van der Waals surface area contributed by atoms with Crippen LogP contribution in [0.2, 0.25) is 0 Å². The Balaban J connectivity index is 2.25. The predicted molar refractivity (Wildman–Crippen MR) is 101 cm³/mol. The van der Waals surface area contributed by atoms with Crippen molar-refractivity contribution in [2.75, 3.05) is 26.6 Å². The summed E-state index contributed by atoms with van der Waals surface area (Å²) >= 11 is 5.17. The van der Waals surface area contributed by atoms with E-state index in [9.17, 15) is 9.59 Å². The van der Waals surface area contributed by atoms with Crippen molar-refractivity contribution in [3.8, 4) is 11.5 Å². The zero-order valence-corrected chi connectivity index (χ0v) is 15.3. The van der Waals surface area contributed by atoms with Gasteiger partial charge >= 0.3 is 5.97 Å². The highest BCUT2D eigenvalue weighted by Crippen LogP contribution is 2.33. The summed E-state index contributed by atoms with van der Waals surface area (Å²) < 4.78 is 15.2. The molecule has 0 aromatic heterocycles. The number of hydrogen-bond acceptors (Lipinski definition) is 6. The Labute approximate surface area is 156 Å². The van der Waals surface area contributed by atoms with E-state index in [1.54, 1.807) is 30.3 Å². The number of carbonyl (C=O) groups excluding carboxylic acids is 2. The van der Waals surface area contributed by atoms with Crippen LogP contribution in [0.4, 0.5) is 5.69 Å². The Morgan fingerprint density at radius 3 is 2.15 bits per heavy atom. The normalized spacial score (nSPS) is 9.81. The first kappa shape index (κ1) is 19.2. The van der Waals surface area contributed by atoms with Crippen LogP contribution in [0.1, 0.15) is 20.7 Å². The zero-order valence-electron chi connectivity index (χ0n) is 14.5. The molecule has 8 heteroatoms. The first-order valence-corrected chi connectivity index (χ1v) is 7.92. The first-order valence-electron chi connectivity index (χ1n) is 7.51. The molecule has 0 saturated carbocycles. The van der Waals surface area contributed by atoms with E-state index in [4.69, 9.17) is 26.4 Å². The van der Waals surface area contributed by atoms with E-state index < -0.39 is 5.97 Å². The molecule has 2 rings (SSSR count). The third-order valence-electron chi connectivity index (χ3n) is 3.44. The second-order valence-electron chi connectivity index (χ2n) is 5.02. The van der Waals surface area contributed by atoms with Gasteiger partial charge < -0.3 is 19.5 Å². The molecule has 0 radical (unpaired) electrons. The molecule has 2 N–H and O–H groups in total. The Hall–Kier alpha value is -3.13. The predicted octanol–water partition coefficient (Wildman–Crippen LogP) is 2.62. The molecule has 0 unspecified atom stereocenters. The van der Waals surface area contributed by atoms with E-state index in [0.29, 0.717) is 22.7 Å². The second kappa shape index (κ2) is 8.82. The van der Waals surface area contributed by atoms with Gasteiger partial charge in [-0.15, -0.1) is 0 Å². The number of thiocarbonyl (C=S) groups is 1. The van der Waals surface area contributed by atoms with Gasteiger partial charge in [0.25, 0.3) is 5.91 Å². The fourth-order valence-corrected chi connectivity index (χ4v) is 2.38. The standard InChI is InChI=1S/C18H18N2O5S/c1-23-14-9-12(17(22)25-3)13(10-15(14)24-2)19-18(26)20-16(21)11-7-5-4-6-8-11/h4-10H,1-3H3,(H2,19,20,21,26). The number of nitrogens with one attached hydrogen (secondary N) is 2. The number of hydrogen-bond donors (Lipinski definition) is 2. The highest BCUT2D eigenvalue weighted by molar-refractivity contribution is 7.80. The van der Waals surface area contributed by atoms with Crippen molar-refractivity contribution < 1.29 is 23.8 Å². The number of carbonyl (C=O) groups is 2. The largest absolute Gasteiger partial charge is 0.493 e. The summed E-state index contributed by atoms with van der Waals surface area (Å²) in [6.45, 7) is 0. The fraction of sp³-hybridized carbons (Fsp3) is 0.167. The summed E-state index contributed by atoms with van der Waals surface area (Å²) in [5.41, 5.74) is 0.950. The van der Waals surface area contributed by atoms with Crippen LogP contribution in [0.5, 0.6) is 11.5 Å². The van der Waals surface area contributed by atoms with Crippen LogP contribution in [0.15, 0.2) is 42.5 Å². The molecule has 0 atom stereocenters. The summed E-state index contributed by atoms with van der Waals surface area (Å²) in [6, 6.07) is 11.6. The van der Waals surface area contributed by atoms with Crippen molar-refractivity contribution in [1.82, 2.24) is 5.32 Å². The summed E-state index contributed by atoms with van der Waals surface area (Å²) in [7, 11) is 4.18. The van der Waals surface area contributed by atoms with Crippen molar-refractivity contribution in [3.63, 3.8) is 0 Å². The minimum absolute atomic E-state index is 0.0243. The van der Waals surface area contributed by atoms with Gasteiger partial charge in [0.2, 0.25) is 0 Å². The van der Waals surface area contributed by atoms with Gasteiger partial charge in [-0.05, 0) is 24.4 Å². The minimum atomic E-state index is -0.592. The van der Waals surface area contributed by atoms with E-state index in [1.807, 2.05) is 0 Å². The van der Waals surface area contributed by atoms with Crippen LogP contribution < -0.4 is 20.1 Å². The average molecular weight is 374 g/mol. The quantitative estimate of drug-likeness (QED) is 0.615. The maximum absolute atomic E-state index is 12.2. The first-order chi connectivity index (χ1) is 12.5. The van der Waals surface area contributed by atoms with Crippen LogP contribution in [0.3, 0.4) is 0 Å². The average Bonchev–Trinajstić information content (AvgIpc) is 2.67. The molecule has 2 aromatic rings. The van der Waals surface area contributed by atoms with E-state index in [1.165, 1.54) is 33.5 Å². The molecule has 0 aliphatic rings. The Kier molecular flexibility index (Phi) is 6.51. The summed E-state index contributed by atoms with van der Waals surface area (Å²) in [6.07, 6.45) is 0. The number of esters is 1. The van der Waals surface area contributed by atoms with Crippen LogP contribution in [0.25, 0.3) is 0 Å². The molecular weight excluding hydrogens is 356 g/mol. The molecule has 0 aliphatic heterocycles. The highest BCUT2D eigenvalue weighted by atomic mass is 32.1. The van der Waals surface area contributed by atoms with E-state index in [0.717, 1.165) is 0 Å². The number of anilines is 1. The number of benzene rings is 2. The number of amides is 1. The summed E-state index contributed by atoms with van der Waals surface area (Å²) in [4.78, 5) is 24.2. The lowest BCUT2D eigenvalue weighted by Gasteiger charge is -2.16. The van der Waals surface area contributed by atoms with Gasteiger partial charge in [0.15, 0.2) is 16.6 Å². The van der Waals surface area contributed by atoms with Crippen LogP contribution in [0, 0.1) is 0 Å². The molecule has 0 bridgehead atoms. The van der Waals surface area contributed by atoms with E-state index in [2.05, 4.69) is 10.6 Å². The highest BCUT2D eigenvalue weighted by Gasteiger charge is 2.19. The molecule has 7 nitrogen and oxygen atoms in total. The third kappa shape index (κ3) is 4.48. The minimum Gasteiger partial charge on any atom is -0.493 e. The van der Waals surface area contributed by atoms with Crippen molar-refractivity contribution >= 4 is 34.9 Å². The lowest BCUT2D eigenvalue weighted by atomic mass is 10.1. The van der Waals surface area contributed by atoms with Crippen LogP contribution in [-0.4, -0.2) is 38.3 Å². The van der Waals surface area contributed by atoms with Crippen molar-refractivity contribution in [3.05, 3.63) is 53.6 Å². The molecule has 0 aliphatic carbocycles. The number of methoxy groups -OCH3 is 3. The van der Waals surface area contributed by atoms with Gasteiger partial charge in [0, 0.05) is 17.7 Å².